The molecule has 218 valence electrons. The van der Waals surface area contributed by atoms with Crippen molar-refractivity contribution in [3.8, 4) is 5.75 Å². The second kappa shape index (κ2) is 13.6. The summed E-state index contributed by atoms with van der Waals surface area (Å²) in [6.45, 7) is 4.92. The van der Waals surface area contributed by atoms with E-state index in [0.29, 0.717) is 56.0 Å². The number of rotatable bonds is 11. The van der Waals surface area contributed by atoms with Crippen molar-refractivity contribution in [1.82, 2.24) is 15.5 Å². The van der Waals surface area contributed by atoms with Gasteiger partial charge in [0.15, 0.2) is 5.78 Å². The second-order valence-corrected chi connectivity index (χ2v) is 11.4. The molecule has 0 bridgehead atoms. The van der Waals surface area contributed by atoms with E-state index in [0.717, 1.165) is 55.1 Å². The average Bonchev–Trinajstić information content (AvgIpc) is 3.28. The van der Waals surface area contributed by atoms with Gasteiger partial charge in [0.25, 0.3) is 0 Å². The highest BCUT2D eigenvalue weighted by molar-refractivity contribution is 6.32. The maximum absolute atomic E-state index is 12.9. The number of carbonyl (C=O) groups excluding carboxylic acids is 4. The number of nitrogens with zero attached hydrogens (tertiary/aromatic N) is 1. The van der Waals surface area contributed by atoms with Crippen LogP contribution in [0.15, 0.2) is 36.4 Å². The molecule has 3 aliphatic rings. The standard InChI is InChI=1S/C31H36ClN3O6/c32-26-7-2-20(16-27(26)41-14-11-35-9-12-40-13-10-35)17-29(37)33-19-21-1-6-25-24(15-21)18-23(30(25)38)4-3-22-5-8-28(36)34-31(22)39/h1-2,6-7,15-16,22-23H,3-5,8-14,17-19H2,(H,33,37)(H,34,36,39). The Morgan fingerprint density at radius 2 is 1.83 bits per heavy atom. The minimum Gasteiger partial charge on any atom is -0.491 e. The van der Waals surface area contributed by atoms with Gasteiger partial charge in [-0.25, -0.2) is 0 Å². The number of fused-ring (bicyclic) bond motifs is 1. The Kier molecular flexibility index (Phi) is 9.69. The minimum atomic E-state index is -0.228. The number of Topliss-reactive ketones (excluding diaryl/α,β-unsaturated/α-hetero) is 1. The Hall–Kier alpha value is -3.27. The molecule has 2 N–H and O–H groups in total. The first-order valence-corrected chi connectivity index (χ1v) is 14.7. The minimum absolute atomic E-state index is 0.105. The van der Waals surface area contributed by atoms with Crippen molar-refractivity contribution in [3.63, 3.8) is 0 Å². The van der Waals surface area contributed by atoms with Gasteiger partial charge in [0.05, 0.1) is 24.7 Å². The topological polar surface area (TPSA) is 114 Å². The zero-order valence-corrected chi connectivity index (χ0v) is 23.8. The lowest BCUT2D eigenvalue weighted by Crippen LogP contribution is -2.40. The molecule has 0 spiro atoms. The summed E-state index contributed by atoms with van der Waals surface area (Å²) >= 11 is 6.32. The van der Waals surface area contributed by atoms with Crippen LogP contribution in [0, 0.1) is 11.8 Å². The van der Waals surface area contributed by atoms with Crippen LogP contribution in [0.1, 0.15) is 52.7 Å². The summed E-state index contributed by atoms with van der Waals surface area (Å²) in [5.41, 5.74) is 3.44. The predicted octanol–water partition coefficient (Wildman–Crippen LogP) is 3.10. The SMILES string of the molecule is O=C(Cc1ccc(Cl)c(OCCN2CCOCC2)c1)NCc1ccc2c(c1)CC(CCC1CCC(=O)NC1=O)C2=O. The highest BCUT2D eigenvalue weighted by Crippen LogP contribution is 2.32. The molecular weight excluding hydrogens is 546 g/mol. The van der Waals surface area contributed by atoms with Crippen LogP contribution >= 0.6 is 11.6 Å². The summed E-state index contributed by atoms with van der Waals surface area (Å²) in [6.07, 6.45) is 2.93. The van der Waals surface area contributed by atoms with Gasteiger partial charge in [0.1, 0.15) is 12.4 Å². The van der Waals surface area contributed by atoms with Gasteiger partial charge in [0, 0.05) is 50.0 Å². The Bertz CT molecular complexity index is 1310. The summed E-state index contributed by atoms with van der Waals surface area (Å²) in [5.74, 6) is -0.269. The molecule has 2 heterocycles. The number of hydrogen-bond donors (Lipinski definition) is 2. The largest absolute Gasteiger partial charge is 0.491 e. The van der Waals surface area contributed by atoms with Gasteiger partial charge in [-0.1, -0.05) is 35.9 Å². The van der Waals surface area contributed by atoms with E-state index in [1.54, 1.807) is 6.07 Å². The van der Waals surface area contributed by atoms with E-state index in [9.17, 15) is 19.2 Å². The highest BCUT2D eigenvalue weighted by atomic mass is 35.5. The molecule has 9 nitrogen and oxygen atoms in total. The van der Waals surface area contributed by atoms with Crippen LogP contribution in [0.25, 0.3) is 0 Å². The van der Waals surface area contributed by atoms with Crippen LogP contribution in [-0.2, 0) is 38.5 Å². The number of piperidine rings is 1. The van der Waals surface area contributed by atoms with Gasteiger partial charge in [-0.2, -0.15) is 0 Å². The number of halogens is 1. The van der Waals surface area contributed by atoms with Crippen molar-refractivity contribution >= 4 is 35.1 Å². The van der Waals surface area contributed by atoms with Crippen molar-refractivity contribution in [1.29, 1.82) is 0 Å². The molecule has 41 heavy (non-hydrogen) atoms. The molecule has 10 heteroatoms. The number of nitrogens with one attached hydrogen (secondary N) is 2. The lowest BCUT2D eigenvalue weighted by atomic mass is 9.88. The maximum atomic E-state index is 12.9. The van der Waals surface area contributed by atoms with Crippen LogP contribution in [0.2, 0.25) is 5.02 Å². The molecule has 2 saturated heterocycles. The first-order chi connectivity index (χ1) is 19.9. The summed E-state index contributed by atoms with van der Waals surface area (Å²) in [7, 11) is 0. The quantitative estimate of drug-likeness (QED) is 0.392. The number of imide groups is 1. The molecule has 1 aliphatic carbocycles. The number of amides is 3. The summed E-state index contributed by atoms with van der Waals surface area (Å²) in [5, 5.41) is 5.87. The predicted molar refractivity (Wildman–Crippen MR) is 153 cm³/mol. The fraction of sp³-hybridized carbons (Fsp3) is 0.484. The normalized spacial score (nSPS) is 21.0. The smallest absolute Gasteiger partial charge is 0.229 e. The molecule has 2 aromatic rings. The van der Waals surface area contributed by atoms with E-state index in [2.05, 4.69) is 15.5 Å². The van der Waals surface area contributed by atoms with Crippen LogP contribution in [-0.4, -0.2) is 67.9 Å². The Morgan fingerprint density at radius 3 is 2.63 bits per heavy atom. The third-order valence-electron chi connectivity index (χ3n) is 8.11. The van der Waals surface area contributed by atoms with E-state index < -0.39 is 0 Å². The number of benzene rings is 2. The van der Waals surface area contributed by atoms with Crippen molar-refractivity contribution in [2.45, 2.75) is 45.1 Å². The van der Waals surface area contributed by atoms with E-state index in [4.69, 9.17) is 21.1 Å². The molecule has 0 aromatic heterocycles. The Morgan fingerprint density at radius 1 is 1.05 bits per heavy atom. The molecule has 5 rings (SSSR count). The third kappa shape index (κ3) is 7.72. The second-order valence-electron chi connectivity index (χ2n) is 11.0. The molecule has 0 saturated carbocycles. The fourth-order valence-corrected chi connectivity index (χ4v) is 5.89. The number of hydrogen-bond acceptors (Lipinski definition) is 7. The molecular formula is C31H36ClN3O6. The van der Waals surface area contributed by atoms with Gasteiger partial charge < -0.3 is 14.8 Å². The number of morpholine rings is 1. The first kappa shape index (κ1) is 29.2. The van der Waals surface area contributed by atoms with E-state index in [1.165, 1.54) is 0 Å². The fourth-order valence-electron chi connectivity index (χ4n) is 5.72. The monoisotopic (exact) mass is 581 g/mol. The Labute approximate surface area is 244 Å². The molecule has 2 aliphatic heterocycles. The number of ether oxygens (including phenoxy) is 2. The van der Waals surface area contributed by atoms with E-state index >= 15 is 0 Å². The molecule has 2 unspecified atom stereocenters. The molecule has 0 radical (unpaired) electrons. The van der Waals surface area contributed by atoms with Gasteiger partial charge in [-0.15, -0.1) is 0 Å². The van der Waals surface area contributed by atoms with E-state index in [1.807, 2.05) is 30.3 Å². The van der Waals surface area contributed by atoms with Gasteiger partial charge in [-0.05, 0) is 54.5 Å². The molecule has 2 atom stereocenters. The molecule has 2 fully saturated rings. The van der Waals surface area contributed by atoms with Gasteiger partial charge >= 0.3 is 0 Å². The lowest BCUT2D eigenvalue weighted by Gasteiger charge is -2.26. The van der Waals surface area contributed by atoms with Crippen molar-refractivity contribution < 1.29 is 28.7 Å². The summed E-state index contributed by atoms with van der Waals surface area (Å²) in [6, 6.07) is 11.1. The average molecular weight is 582 g/mol. The Balaban J connectivity index is 1.08. The molecule has 3 amide bonds. The first-order valence-electron chi connectivity index (χ1n) is 14.3. The van der Waals surface area contributed by atoms with E-state index in [-0.39, 0.29) is 41.8 Å². The highest BCUT2D eigenvalue weighted by Gasteiger charge is 2.33. The van der Waals surface area contributed by atoms with Gasteiger partial charge in [0.2, 0.25) is 17.7 Å². The number of ketones is 1. The van der Waals surface area contributed by atoms with Crippen LogP contribution in [0.3, 0.4) is 0 Å². The third-order valence-corrected chi connectivity index (χ3v) is 8.42. The van der Waals surface area contributed by atoms with Crippen molar-refractivity contribution in [2.24, 2.45) is 11.8 Å². The summed E-state index contributed by atoms with van der Waals surface area (Å²) in [4.78, 5) is 51.4. The zero-order chi connectivity index (χ0) is 28.8. The molecule has 2 aromatic carbocycles. The maximum Gasteiger partial charge on any atom is 0.229 e. The number of carbonyl (C=O) groups is 4. The summed E-state index contributed by atoms with van der Waals surface area (Å²) < 4.78 is 11.3. The van der Waals surface area contributed by atoms with Crippen molar-refractivity contribution in [3.05, 3.63) is 63.7 Å². The van der Waals surface area contributed by atoms with Crippen LogP contribution < -0.4 is 15.4 Å². The van der Waals surface area contributed by atoms with Crippen LogP contribution in [0.5, 0.6) is 5.75 Å². The van der Waals surface area contributed by atoms with Crippen LogP contribution in [0.4, 0.5) is 0 Å². The van der Waals surface area contributed by atoms with Crippen molar-refractivity contribution in [2.75, 3.05) is 39.5 Å². The zero-order valence-electron chi connectivity index (χ0n) is 23.1. The van der Waals surface area contributed by atoms with Gasteiger partial charge in [-0.3, -0.25) is 29.4 Å². The lowest BCUT2D eigenvalue weighted by molar-refractivity contribution is -0.136.